The number of para-hydroxylation sites is 2. The lowest BCUT2D eigenvalue weighted by Gasteiger charge is -2.10. The van der Waals surface area contributed by atoms with Gasteiger partial charge in [0.15, 0.2) is 5.78 Å². The van der Waals surface area contributed by atoms with Crippen molar-refractivity contribution in [1.82, 2.24) is 0 Å². The molecule has 0 unspecified atom stereocenters. The van der Waals surface area contributed by atoms with Gasteiger partial charge in [-0.3, -0.25) is 4.79 Å². The van der Waals surface area contributed by atoms with E-state index in [1.54, 1.807) is 60.7 Å². The summed E-state index contributed by atoms with van der Waals surface area (Å²) in [5.41, 5.74) is 2.66. The molecule has 0 radical (unpaired) electrons. The van der Waals surface area contributed by atoms with Crippen molar-refractivity contribution in [2.45, 2.75) is 6.92 Å². The van der Waals surface area contributed by atoms with Crippen LogP contribution in [0.15, 0.2) is 78.9 Å². The van der Waals surface area contributed by atoms with Crippen molar-refractivity contribution < 1.29 is 19.1 Å². The topological polar surface area (TPSA) is 52.6 Å². The van der Waals surface area contributed by atoms with Crippen molar-refractivity contribution in [2.24, 2.45) is 0 Å². The lowest BCUT2D eigenvalue weighted by atomic mass is 10.1. The van der Waals surface area contributed by atoms with Crippen molar-refractivity contribution in [3.05, 3.63) is 101 Å². The highest BCUT2D eigenvalue weighted by Crippen LogP contribution is 2.24. The van der Waals surface area contributed by atoms with E-state index < -0.39 is 5.97 Å². The molecule has 0 N–H and O–H groups in total. The van der Waals surface area contributed by atoms with Crippen LogP contribution >= 0.6 is 0 Å². The van der Waals surface area contributed by atoms with Crippen LogP contribution in [0.3, 0.4) is 0 Å². The van der Waals surface area contributed by atoms with E-state index in [4.69, 9.17) is 9.47 Å². The Labute approximate surface area is 164 Å². The predicted octanol–water partition coefficient (Wildman–Crippen LogP) is 5.12. The molecule has 0 saturated heterocycles. The summed E-state index contributed by atoms with van der Waals surface area (Å²) in [4.78, 5) is 24.9. The number of benzene rings is 3. The van der Waals surface area contributed by atoms with Crippen molar-refractivity contribution in [2.75, 3.05) is 7.11 Å². The van der Waals surface area contributed by atoms with Crippen molar-refractivity contribution in [3.8, 4) is 11.5 Å². The van der Waals surface area contributed by atoms with Gasteiger partial charge in [0, 0.05) is 11.1 Å². The number of aryl methyl sites for hydroxylation is 1. The van der Waals surface area contributed by atoms with Crippen LogP contribution in [-0.2, 0) is 0 Å². The van der Waals surface area contributed by atoms with Gasteiger partial charge in [0.05, 0.1) is 7.11 Å². The van der Waals surface area contributed by atoms with Crippen LogP contribution in [-0.4, -0.2) is 18.9 Å². The van der Waals surface area contributed by atoms with Crippen LogP contribution in [0.1, 0.15) is 31.8 Å². The molecule has 28 heavy (non-hydrogen) atoms. The van der Waals surface area contributed by atoms with Crippen LogP contribution in [0, 0.1) is 6.92 Å². The first-order valence-corrected chi connectivity index (χ1v) is 8.82. The van der Waals surface area contributed by atoms with E-state index in [1.807, 2.05) is 25.1 Å². The molecule has 3 aromatic rings. The zero-order chi connectivity index (χ0) is 19.9. The summed E-state index contributed by atoms with van der Waals surface area (Å²) in [7, 11) is 1.50. The Balaban J connectivity index is 1.80. The average Bonchev–Trinajstić information content (AvgIpc) is 2.73. The van der Waals surface area contributed by atoms with Gasteiger partial charge < -0.3 is 9.47 Å². The summed E-state index contributed by atoms with van der Waals surface area (Å²) in [5, 5.41) is 0. The average molecular weight is 372 g/mol. The molecule has 0 bridgehead atoms. The minimum Gasteiger partial charge on any atom is -0.496 e. The van der Waals surface area contributed by atoms with E-state index in [2.05, 4.69) is 0 Å². The van der Waals surface area contributed by atoms with Gasteiger partial charge >= 0.3 is 5.97 Å². The SMILES string of the molecule is COc1ccccc1C(=O)Oc1ccccc1/C=C/C(=O)c1ccc(C)cc1. The van der Waals surface area contributed by atoms with Gasteiger partial charge in [0.1, 0.15) is 17.1 Å². The third kappa shape index (κ3) is 4.54. The van der Waals surface area contributed by atoms with Crippen LogP contribution < -0.4 is 9.47 Å². The first-order chi connectivity index (χ1) is 13.6. The molecule has 0 aliphatic rings. The fourth-order valence-corrected chi connectivity index (χ4v) is 2.66. The summed E-state index contributed by atoms with van der Waals surface area (Å²) in [6.45, 7) is 1.97. The molecule has 3 aromatic carbocycles. The van der Waals surface area contributed by atoms with E-state index >= 15 is 0 Å². The van der Waals surface area contributed by atoms with Gasteiger partial charge in [-0.05, 0) is 37.3 Å². The van der Waals surface area contributed by atoms with Crippen molar-refractivity contribution >= 4 is 17.8 Å². The molecular weight excluding hydrogens is 352 g/mol. The Morgan fingerprint density at radius 3 is 2.18 bits per heavy atom. The zero-order valence-corrected chi connectivity index (χ0v) is 15.7. The van der Waals surface area contributed by atoms with E-state index in [-0.39, 0.29) is 5.78 Å². The van der Waals surface area contributed by atoms with Crippen molar-refractivity contribution in [1.29, 1.82) is 0 Å². The number of carbonyl (C=O) groups excluding carboxylic acids is 2. The summed E-state index contributed by atoms with van der Waals surface area (Å²) in [6.07, 6.45) is 3.12. The summed E-state index contributed by atoms with van der Waals surface area (Å²) < 4.78 is 10.8. The van der Waals surface area contributed by atoms with Crippen LogP contribution in [0.4, 0.5) is 0 Å². The van der Waals surface area contributed by atoms with Gasteiger partial charge in [0.2, 0.25) is 0 Å². The van der Waals surface area contributed by atoms with Crippen LogP contribution in [0.2, 0.25) is 0 Å². The zero-order valence-electron chi connectivity index (χ0n) is 15.7. The number of allylic oxidation sites excluding steroid dienone is 1. The van der Waals surface area contributed by atoms with E-state index in [0.29, 0.717) is 28.2 Å². The lowest BCUT2D eigenvalue weighted by molar-refractivity contribution is 0.0730. The predicted molar refractivity (Wildman–Crippen MR) is 109 cm³/mol. The molecule has 0 atom stereocenters. The molecule has 0 amide bonds. The number of hydrogen-bond acceptors (Lipinski definition) is 4. The summed E-state index contributed by atoms with van der Waals surface area (Å²) in [6, 6.07) is 21.3. The monoisotopic (exact) mass is 372 g/mol. The third-order valence-electron chi connectivity index (χ3n) is 4.20. The normalized spacial score (nSPS) is 10.6. The number of hydrogen-bond donors (Lipinski definition) is 0. The number of ketones is 1. The Bertz CT molecular complexity index is 1020. The molecule has 0 fully saturated rings. The molecule has 0 aliphatic heterocycles. The van der Waals surface area contributed by atoms with E-state index in [0.717, 1.165) is 5.56 Å². The number of methoxy groups -OCH3 is 1. The van der Waals surface area contributed by atoms with Gasteiger partial charge in [-0.1, -0.05) is 60.2 Å². The maximum atomic E-state index is 12.5. The number of carbonyl (C=O) groups is 2. The van der Waals surface area contributed by atoms with Gasteiger partial charge in [-0.2, -0.15) is 0 Å². The molecule has 3 rings (SSSR count). The van der Waals surface area contributed by atoms with Gasteiger partial charge in [0.25, 0.3) is 0 Å². The molecule has 0 aliphatic carbocycles. The van der Waals surface area contributed by atoms with Crippen LogP contribution in [0.25, 0.3) is 6.08 Å². The molecular formula is C24H20O4. The first-order valence-electron chi connectivity index (χ1n) is 8.82. The molecule has 0 saturated carbocycles. The fourth-order valence-electron chi connectivity index (χ4n) is 2.66. The quantitative estimate of drug-likeness (QED) is 0.261. The Morgan fingerprint density at radius 1 is 0.821 bits per heavy atom. The summed E-state index contributed by atoms with van der Waals surface area (Å²) >= 11 is 0. The Morgan fingerprint density at radius 2 is 1.46 bits per heavy atom. The molecule has 4 heteroatoms. The fraction of sp³-hybridized carbons (Fsp3) is 0.0833. The summed E-state index contributed by atoms with van der Waals surface area (Å²) in [5.74, 6) is 0.162. The highest BCUT2D eigenvalue weighted by molar-refractivity contribution is 6.07. The first kappa shape index (κ1) is 19.1. The number of rotatable bonds is 6. The molecule has 0 spiro atoms. The Kier molecular flexibility index (Phi) is 6.02. The second kappa shape index (κ2) is 8.82. The van der Waals surface area contributed by atoms with E-state index in [1.165, 1.54) is 13.2 Å². The third-order valence-corrected chi connectivity index (χ3v) is 4.20. The van der Waals surface area contributed by atoms with Crippen molar-refractivity contribution in [3.63, 3.8) is 0 Å². The minimum absolute atomic E-state index is 0.120. The highest BCUT2D eigenvalue weighted by Gasteiger charge is 2.15. The smallest absolute Gasteiger partial charge is 0.347 e. The lowest BCUT2D eigenvalue weighted by Crippen LogP contribution is -2.10. The molecule has 0 heterocycles. The standard InChI is InChI=1S/C24H20O4/c1-17-11-13-18(14-12-17)21(25)16-15-19-7-3-5-9-22(19)28-24(26)20-8-4-6-10-23(20)27-2/h3-16H,1-2H3/b16-15+. The van der Waals surface area contributed by atoms with Crippen LogP contribution in [0.5, 0.6) is 11.5 Å². The molecule has 4 nitrogen and oxygen atoms in total. The highest BCUT2D eigenvalue weighted by atomic mass is 16.5. The maximum Gasteiger partial charge on any atom is 0.347 e. The molecule has 140 valence electrons. The van der Waals surface area contributed by atoms with Gasteiger partial charge in [-0.15, -0.1) is 0 Å². The maximum absolute atomic E-state index is 12.5. The Hall–Kier alpha value is -3.66. The number of ether oxygens (including phenoxy) is 2. The van der Waals surface area contributed by atoms with E-state index in [9.17, 15) is 9.59 Å². The second-order valence-electron chi connectivity index (χ2n) is 6.19. The van der Waals surface area contributed by atoms with Gasteiger partial charge in [-0.25, -0.2) is 4.79 Å². The second-order valence-corrected chi connectivity index (χ2v) is 6.19. The minimum atomic E-state index is -0.525. The molecule has 0 aromatic heterocycles. The number of esters is 1. The largest absolute Gasteiger partial charge is 0.496 e.